The Morgan fingerprint density at radius 3 is 2.53 bits per heavy atom. The highest BCUT2D eigenvalue weighted by atomic mass is 16.3. The highest BCUT2D eigenvalue weighted by molar-refractivity contribution is 5.92. The Kier molecular flexibility index (Phi) is 4.44. The van der Waals surface area contributed by atoms with Crippen LogP contribution in [0.2, 0.25) is 0 Å². The molecule has 2 saturated carbocycles. The zero-order chi connectivity index (χ0) is 14.0. The number of rotatable bonds is 3. The van der Waals surface area contributed by atoms with Gasteiger partial charge in [0.1, 0.15) is 11.9 Å². The van der Waals surface area contributed by atoms with E-state index in [4.69, 9.17) is 0 Å². The third-order valence-corrected chi connectivity index (χ3v) is 5.50. The molecule has 3 nitrogen and oxygen atoms in total. The minimum absolute atomic E-state index is 0.0447. The van der Waals surface area contributed by atoms with E-state index in [-0.39, 0.29) is 11.7 Å². The first kappa shape index (κ1) is 14.7. The van der Waals surface area contributed by atoms with Gasteiger partial charge in [-0.1, -0.05) is 26.7 Å². The molecular weight excluding hydrogens is 240 g/mol. The van der Waals surface area contributed by atoms with Crippen LogP contribution in [0.1, 0.15) is 58.8 Å². The number of aldehydes is 1. The summed E-state index contributed by atoms with van der Waals surface area (Å²) < 4.78 is 0. The standard InChI is InChI=1S/C16H26O3/c1-11-6-7-13(9-12(11)2)15(18)16(19)8-4-3-5-14(16)10-17/h10-14,19H,3-9H2,1-2H3. The van der Waals surface area contributed by atoms with E-state index in [2.05, 4.69) is 13.8 Å². The Balaban J connectivity index is 2.11. The van der Waals surface area contributed by atoms with Crippen molar-refractivity contribution in [1.29, 1.82) is 0 Å². The van der Waals surface area contributed by atoms with Crippen molar-refractivity contribution >= 4 is 12.1 Å². The van der Waals surface area contributed by atoms with E-state index in [9.17, 15) is 14.7 Å². The van der Waals surface area contributed by atoms with Gasteiger partial charge in [0.25, 0.3) is 0 Å². The van der Waals surface area contributed by atoms with E-state index < -0.39 is 11.5 Å². The van der Waals surface area contributed by atoms with Crippen molar-refractivity contribution in [2.24, 2.45) is 23.7 Å². The summed E-state index contributed by atoms with van der Waals surface area (Å²) in [4.78, 5) is 23.9. The van der Waals surface area contributed by atoms with Gasteiger partial charge in [-0.25, -0.2) is 0 Å². The van der Waals surface area contributed by atoms with Crippen LogP contribution >= 0.6 is 0 Å². The van der Waals surface area contributed by atoms with Crippen LogP contribution in [-0.2, 0) is 9.59 Å². The first-order valence-electron chi connectivity index (χ1n) is 7.71. The maximum Gasteiger partial charge on any atom is 0.168 e. The van der Waals surface area contributed by atoms with E-state index in [0.717, 1.165) is 38.4 Å². The molecular formula is C16H26O3. The molecule has 0 bridgehead atoms. The summed E-state index contributed by atoms with van der Waals surface area (Å²) in [5.74, 6) is 0.611. The average molecular weight is 266 g/mol. The van der Waals surface area contributed by atoms with Crippen LogP contribution in [0, 0.1) is 23.7 Å². The molecule has 0 amide bonds. The Morgan fingerprint density at radius 1 is 1.16 bits per heavy atom. The molecule has 0 spiro atoms. The van der Waals surface area contributed by atoms with Crippen molar-refractivity contribution in [3.05, 3.63) is 0 Å². The second-order valence-corrected chi connectivity index (χ2v) is 6.74. The normalized spacial score (nSPS) is 43.7. The summed E-state index contributed by atoms with van der Waals surface area (Å²) >= 11 is 0. The van der Waals surface area contributed by atoms with Gasteiger partial charge in [-0.3, -0.25) is 4.79 Å². The van der Waals surface area contributed by atoms with Crippen molar-refractivity contribution in [3.63, 3.8) is 0 Å². The van der Waals surface area contributed by atoms with Crippen molar-refractivity contribution in [1.82, 2.24) is 0 Å². The van der Waals surface area contributed by atoms with Crippen molar-refractivity contribution in [3.8, 4) is 0 Å². The highest BCUT2D eigenvalue weighted by Gasteiger charge is 2.48. The van der Waals surface area contributed by atoms with Gasteiger partial charge >= 0.3 is 0 Å². The van der Waals surface area contributed by atoms with Crippen LogP contribution in [0.5, 0.6) is 0 Å². The number of hydrogen-bond donors (Lipinski definition) is 1. The monoisotopic (exact) mass is 266 g/mol. The molecule has 1 N–H and O–H groups in total. The van der Waals surface area contributed by atoms with Crippen molar-refractivity contribution in [2.45, 2.75) is 64.4 Å². The molecule has 0 aromatic heterocycles. The molecule has 108 valence electrons. The lowest BCUT2D eigenvalue weighted by Crippen LogP contribution is -2.52. The molecule has 0 heterocycles. The largest absolute Gasteiger partial charge is 0.381 e. The van der Waals surface area contributed by atoms with E-state index in [1.807, 2.05) is 0 Å². The quantitative estimate of drug-likeness (QED) is 0.799. The van der Waals surface area contributed by atoms with Gasteiger partial charge in [-0.05, 0) is 43.9 Å². The fraction of sp³-hybridized carbons (Fsp3) is 0.875. The van der Waals surface area contributed by atoms with Crippen LogP contribution in [0.3, 0.4) is 0 Å². The summed E-state index contributed by atoms with van der Waals surface area (Å²) in [5.41, 5.74) is -1.37. The Bertz CT molecular complexity index is 352. The van der Waals surface area contributed by atoms with Crippen molar-refractivity contribution < 1.29 is 14.7 Å². The highest BCUT2D eigenvalue weighted by Crippen LogP contribution is 2.40. The van der Waals surface area contributed by atoms with E-state index in [0.29, 0.717) is 24.7 Å². The molecule has 0 radical (unpaired) electrons. The maximum absolute atomic E-state index is 12.7. The molecule has 2 fully saturated rings. The smallest absolute Gasteiger partial charge is 0.168 e. The first-order chi connectivity index (χ1) is 8.99. The van der Waals surface area contributed by atoms with Crippen LogP contribution in [-0.4, -0.2) is 22.8 Å². The zero-order valence-electron chi connectivity index (χ0n) is 12.1. The molecule has 2 aliphatic rings. The minimum Gasteiger partial charge on any atom is -0.381 e. The van der Waals surface area contributed by atoms with Gasteiger partial charge < -0.3 is 9.90 Å². The minimum atomic E-state index is -1.37. The molecule has 0 aliphatic heterocycles. The molecule has 2 rings (SSSR count). The van der Waals surface area contributed by atoms with Gasteiger partial charge in [0.05, 0.1) is 5.92 Å². The lowest BCUT2D eigenvalue weighted by Gasteiger charge is -2.40. The third-order valence-electron chi connectivity index (χ3n) is 5.50. The molecule has 5 atom stereocenters. The number of Topliss-reactive ketones (excluding diaryl/α,β-unsaturated/α-hetero) is 1. The predicted molar refractivity (Wildman–Crippen MR) is 73.6 cm³/mol. The molecule has 0 aromatic carbocycles. The van der Waals surface area contributed by atoms with Crippen LogP contribution in [0.15, 0.2) is 0 Å². The van der Waals surface area contributed by atoms with Crippen LogP contribution in [0.4, 0.5) is 0 Å². The molecule has 0 aromatic rings. The fourth-order valence-electron chi connectivity index (χ4n) is 3.81. The second kappa shape index (κ2) is 5.74. The van der Waals surface area contributed by atoms with Crippen molar-refractivity contribution in [2.75, 3.05) is 0 Å². The molecule has 3 heteroatoms. The number of ketones is 1. The van der Waals surface area contributed by atoms with Gasteiger partial charge in [-0.15, -0.1) is 0 Å². The first-order valence-corrected chi connectivity index (χ1v) is 7.71. The summed E-state index contributed by atoms with van der Waals surface area (Å²) in [5, 5.41) is 10.7. The second-order valence-electron chi connectivity index (χ2n) is 6.74. The van der Waals surface area contributed by atoms with Gasteiger partial charge in [0, 0.05) is 5.92 Å². The molecule has 2 aliphatic carbocycles. The van der Waals surface area contributed by atoms with Crippen LogP contribution in [0.25, 0.3) is 0 Å². The van der Waals surface area contributed by atoms with E-state index in [1.54, 1.807) is 0 Å². The van der Waals surface area contributed by atoms with Gasteiger partial charge in [-0.2, -0.15) is 0 Å². The Labute approximate surface area is 115 Å². The average Bonchev–Trinajstić information content (AvgIpc) is 2.41. The predicted octanol–water partition coefficient (Wildman–Crippen LogP) is 2.75. The number of carbonyl (C=O) groups is 2. The summed E-state index contributed by atoms with van der Waals surface area (Å²) in [7, 11) is 0. The Hall–Kier alpha value is -0.700. The molecule has 5 unspecified atom stereocenters. The molecule has 0 saturated heterocycles. The van der Waals surface area contributed by atoms with E-state index >= 15 is 0 Å². The lowest BCUT2D eigenvalue weighted by molar-refractivity contribution is -0.156. The maximum atomic E-state index is 12.7. The summed E-state index contributed by atoms with van der Waals surface area (Å²) in [6.45, 7) is 4.42. The lowest BCUT2D eigenvalue weighted by atomic mass is 9.66. The topological polar surface area (TPSA) is 54.4 Å². The fourth-order valence-corrected chi connectivity index (χ4v) is 3.81. The summed E-state index contributed by atoms with van der Waals surface area (Å²) in [6.07, 6.45) is 6.51. The zero-order valence-corrected chi connectivity index (χ0v) is 12.1. The van der Waals surface area contributed by atoms with Gasteiger partial charge in [0.15, 0.2) is 5.78 Å². The SMILES string of the molecule is CC1CCC(C(=O)C2(O)CCCCC2C=O)CC1C. The number of hydrogen-bond acceptors (Lipinski definition) is 3. The van der Waals surface area contributed by atoms with Crippen LogP contribution < -0.4 is 0 Å². The third kappa shape index (κ3) is 2.76. The Morgan fingerprint density at radius 2 is 1.89 bits per heavy atom. The van der Waals surface area contributed by atoms with E-state index in [1.165, 1.54) is 0 Å². The summed E-state index contributed by atoms with van der Waals surface area (Å²) in [6, 6.07) is 0. The number of carbonyl (C=O) groups excluding carboxylic acids is 2. The molecule has 19 heavy (non-hydrogen) atoms. The van der Waals surface area contributed by atoms with Gasteiger partial charge in [0.2, 0.25) is 0 Å². The number of aliphatic hydroxyl groups is 1.